The number of phosphoric ester groups is 1. The number of aromatic amines is 1. The first-order valence-electron chi connectivity index (χ1n) is 13.5. The monoisotopic (exact) mass is 686 g/mol. The van der Waals surface area contributed by atoms with Crippen molar-refractivity contribution in [3.05, 3.63) is 29.3 Å². The summed E-state index contributed by atoms with van der Waals surface area (Å²) in [5.41, 5.74) is 11.2. The molecule has 7 rings (SSSR count). The Hall–Kier alpha value is -3.37. The van der Waals surface area contributed by atoms with Crippen molar-refractivity contribution in [3.63, 3.8) is 0 Å². The molecule has 3 aliphatic heterocycles. The highest BCUT2D eigenvalue weighted by atomic mass is 31.2. The molecule has 0 aliphatic carbocycles. The van der Waals surface area contributed by atoms with Gasteiger partial charge in [0, 0.05) is 7.11 Å². The van der Waals surface area contributed by atoms with Crippen molar-refractivity contribution in [2.45, 2.75) is 49.1 Å². The Morgan fingerprint density at radius 3 is 2.46 bits per heavy atom. The van der Waals surface area contributed by atoms with Crippen molar-refractivity contribution < 1.29 is 50.7 Å². The zero-order valence-corrected chi connectivity index (χ0v) is 25.6. The van der Waals surface area contributed by atoms with Crippen molar-refractivity contribution in [2.75, 3.05) is 31.8 Å². The molecular weight excluding hydrogens is 660 g/mol. The number of rotatable bonds is 3. The van der Waals surface area contributed by atoms with Gasteiger partial charge in [-0.15, -0.1) is 0 Å². The van der Waals surface area contributed by atoms with E-state index < -0.39 is 83.2 Å². The van der Waals surface area contributed by atoms with Gasteiger partial charge in [0.25, 0.3) is 20.6 Å². The molecule has 0 saturated carbocycles. The van der Waals surface area contributed by atoms with Crippen molar-refractivity contribution >= 4 is 57.0 Å². The van der Waals surface area contributed by atoms with E-state index in [-0.39, 0.29) is 34.1 Å². The van der Waals surface area contributed by atoms with Gasteiger partial charge in [0.1, 0.15) is 42.4 Å². The molecule has 0 amide bonds. The number of fused-ring (bicyclic) bond motifs is 5. The van der Waals surface area contributed by atoms with Crippen molar-refractivity contribution in [2.24, 2.45) is 0 Å². The lowest BCUT2D eigenvalue weighted by Gasteiger charge is -2.28. The van der Waals surface area contributed by atoms with E-state index >= 15 is 4.39 Å². The van der Waals surface area contributed by atoms with Crippen LogP contribution in [-0.2, 0) is 41.4 Å². The van der Waals surface area contributed by atoms with E-state index in [0.29, 0.717) is 0 Å². The van der Waals surface area contributed by atoms with Crippen LogP contribution in [0.5, 0.6) is 0 Å². The summed E-state index contributed by atoms with van der Waals surface area (Å²) < 4.78 is 85.1. The second kappa shape index (κ2) is 11.4. The predicted molar refractivity (Wildman–Crippen MR) is 153 cm³/mol. The zero-order valence-electron chi connectivity index (χ0n) is 23.9. The van der Waals surface area contributed by atoms with Crippen molar-refractivity contribution in [1.29, 1.82) is 0 Å². The Bertz CT molecular complexity index is 1960. The number of nitrogens with zero attached hydrogens (tertiary/aromatic N) is 7. The maximum atomic E-state index is 16.0. The highest BCUT2D eigenvalue weighted by molar-refractivity contribution is 7.79. The first kappa shape index (κ1) is 31.2. The van der Waals surface area contributed by atoms with Gasteiger partial charge in [0.2, 0.25) is 5.95 Å². The van der Waals surface area contributed by atoms with E-state index in [1.54, 1.807) is 0 Å². The number of H-pyrrole nitrogens is 1. The first-order chi connectivity index (χ1) is 21.9. The van der Waals surface area contributed by atoms with Gasteiger partial charge in [0.15, 0.2) is 41.3 Å². The number of nitrogens with two attached hydrogens (primary N) is 2. The average molecular weight is 686 g/mol. The summed E-state index contributed by atoms with van der Waals surface area (Å²) in [7, 11) is -6.67. The van der Waals surface area contributed by atoms with E-state index in [9.17, 15) is 18.8 Å². The molecule has 46 heavy (non-hydrogen) atoms. The number of anilines is 2. The molecule has 25 heteroatoms. The third kappa shape index (κ3) is 5.41. The fourth-order valence-electron chi connectivity index (χ4n) is 5.64. The second-order valence-electron chi connectivity index (χ2n) is 10.6. The Morgan fingerprint density at radius 1 is 1.00 bits per heavy atom. The largest absolute Gasteiger partial charge is 0.472 e. The molecule has 21 nitrogen and oxygen atoms in total. The van der Waals surface area contributed by atoms with Crippen molar-refractivity contribution in [3.8, 4) is 0 Å². The number of hydrogen-bond acceptors (Lipinski definition) is 17. The minimum atomic E-state index is -5.04. The highest BCUT2D eigenvalue weighted by Gasteiger charge is 2.54. The summed E-state index contributed by atoms with van der Waals surface area (Å²) in [6, 6.07) is 0. The smallest absolute Gasteiger partial charge is 0.382 e. The van der Waals surface area contributed by atoms with Crippen LogP contribution in [0.25, 0.3) is 22.3 Å². The average Bonchev–Trinajstić information content (AvgIpc) is 3.75. The topological polar surface area (TPSA) is 278 Å². The van der Waals surface area contributed by atoms with E-state index in [2.05, 4.69) is 29.9 Å². The maximum absolute atomic E-state index is 16.0. The summed E-state index contributed by atoms with van der Waals surface area (Å²) in [5, 5.41) is 0. The molecule has 10 unspecified atom stereocenters. The van der Waals surface area contributed by atoms with Gasteiger partial charge in [-0.05, 0) is 0 Å². The number of hydrogen-bond donors (Lipinski definition) is 4. The summed E-state index contributed by atoms with van der Waals surface area (Å²) in [6.07, 6.45) is -7.88. The number of imidazole rings is 2. The predicted octanol–water partition coefficient (Wildman–Crippen LogP) is -1.07. The Labute approximate surface area is 257 Å². The normalized spacial score (nSPS) is 37.1. The van der Waals surface area contributed by atoms with E-state index in [0.717, 1.165) is 13.9 Å². The summed E-state index contributed by atoms with van der Waals surface area (Å²) in [4.78, 5) is 45.6. The molecule has 3 aliphatic rings. The quantitative estimate of drug-likeness (QED) is 0.147. The summed E-state index contributed by atoms with van der Waals surface area (Å²) in [6.45, 7) is -1.26. The molecule has 7 heterocycles. The first-order valence-corrected chi connectivity index (χ1v) is 17.0. The molecule has 4 aromatic rings. The van der Waals surface area contributed by atoms with Gasteiger partial charge in [-0.3, -0.25) is 32.5 Å². The number of nitrogens with one attached hydrogen (secondary N) is 1. The molecule has 0 spiro atoms. The Kier molecular flexibility index (Phi) is 7.75. The number of ether oxygens (including phenoxy) is 3. The third-order valence-electron chi connectivity index (χ3n) is 7.65. The molecule has 3 fully saturated rings. The third-order valence-corrected chi connectivity index (χ3v) is 9.88. The fourth-order valence-corrected chi connectivity index (χ4v) is 7.74. The minimum Gasteiger partial charge on any atom is -0.382 e. The molecule has 10 atom stereocenters. The van der Waals surface area contributed by atoms with E-state index in [4.69, 9.17) is 43.8 Å². The van der Waals surface area contributed by atoms with Crippen LogP contribution in [0.1, 0.15) is 12.5 Å². The van der Waals surface area contributed by atoms with Crippen LogP contribution < -0.4 is 17.0 Å². The fraction of sp³-hybridized carbons (Fsp3) is 0.524. The summed E-state index contributed by atoms with van der Waals surface area (Å²) in [5.74, 6) is -0.172. The molecule has 4 aromatic heterocycles. The van der Waals surface area contributed by atoms with Gasteiger partial charge in [0.05, 0.1) is 25.9 Å². The number of nitrogen functional groups attached to an aromatic ring is 2. The van der Waals surface area contributed by atoms with Crippen molar-refractivity contribution in [1.82, 2.24) is 39.0 Å². The van der Waals surface area contributed by atoms with Crippen LogP contribution in [0.4, 0.5) is 16.2 Å². The van der Waals surface area contributed by atoms with E-state index in [1.165, 1.54) is 28.9 Å². The number of alkyl halides is 1. The summed E-state index contributed by atoms with van der Waals surface area (Å²) >= 11 is 0. The highest BCUT2D eigenvalue weighted by Crippen LogP contribution is 2.54. The van der Waals surface area contributed by atoms with Crippen LogP contribution in [-0.4, -0.2) is 109 Å². The maximum Gasteiger partial charge on any atom is 0.472 e. The van der Waals surface area contributed by atoms with E-state index in [1.807, 2.05) is 0 Å². The lowest BCUT2D eigenvalue weighted by molar-refractivity contribution is -0.0631. The lowest BCUT2D eigenvalue weighted by atomic mass is 10.1. The number of halogens is 1. The molecule has 3 saturated heterocycles. The number of phosphoric acid groups is 1. The van der Waals surface area contributed by atoms with Gasteiger partial charge in [-0.25, -0.2) is 28.9 Å². The molecular formula is C21H26BFN10O11P2. The van der Waals surface area contributed by atoms with Gasteiger partial charge in [-0.1, -0.05) is 0 Å². The number of methoxy groups -OCH3 is 1. The molecule has 6 N–H and O–H groups in total. The van der Waals surface area contributed by atoms with Crippen LogP contribution >= 0.6 is 15.3 Å². The van der Waals surface area contributed by atoms with Gasteiger partial charge >= 0.3 is 7.82 Å². The SMILES string of the molecule is BP1(=O)OCC2OC(n3cnc4c(N)ncnc43)C(F)C2OP(=O)(O)OCC2OC(n3cnc4c(=O)[nH]c(N)nc43)C(O1)C2OC. The van der Waals surface area contributed by atoms with Crippen LogP contribution in [0.15, 0.2) is 23.8 Å². The molecule has 0 radical (unpaired) electrons. The Balaban J connectivity index is 1.22. The molecule has 0 aromatic carbocycles. The van der Waals surface area contributed by atoms with Crippen LogP contribution in [0, 0.1) is 0 Å². The lowest BCUT2D eigenvalue weighted by Crippen LogP contribution is -2.37. The van der Waals surface area contributed by atoms with Crippen LogP contribution in [0.3, 0.4) is 0 Å². The Morgan fingerprint density at radius 2 is 1.70 bits per heavy atom. The molecule has 2 bridgehead atoms. The minimum absolute atomic E-state index is 0.00156. The number of aromatic nitrogens is 8. The zero-order chi connectivity index (χ0) is 32.5. The van der Waals surface area contributed by atoms with Gasteiger partial charge in [-0.2, -0.15) is 4.98 Å². The standard InChI is InChI=1S/C21H26BFN10O11P2/c1-38-13-8-3-40-46(36,37)44-12-7(41-19(9(12)23)32-5-28-10-15(24)26-4-27-16(10)32)2-39-45(22,35)43-14(13)20(42-8)33-6-29-11-17(33)30-21(25)31-18(11)34/h4-9,12-14,19-20H,2-3,22H2,1H3,(H,36,37)(H2,24,26,27)(H3,25,30,31,34). The van der Waals surface area contributed by atoms with Crippen LogP contribution in [0.2, 0.25) is 0 Å². The molecule has 246 valence electrons. The second-order valence-corrected chi connectivity index (χ2v) is 14.0. The van der Waals surface area contributed by atoms with Gasteiger partial charge < -0.3 is 39.6 Å².